The summed E-state index contributed by atoms with van der Waals surface area (Å²) in [5, 5.41) is 6.86. The van der Waals surface area contributed by atoms with Crippen LogP contribution in [0.5, 0.6) is 0 Å². The molecule has 3 heteroatoms. The maximum absolute atomic E-state index is 4.30. The number of aliphatic imine (C=N–C) groups is 1. The number of guanidine groups is 1. The second-order valence-electron chi connectivity index (χ2n) is 6.50. The molecule has 3 nitrogen and oxygen atoms in total. The topological polar surface area (TPSA) is 36.4 Å². The van der Waals surface area contributed by atoms with Crippen molar-refractivity contribution in [1.29, 1.82) is 0 Å². The van der Waals surface area contributed by atoms with Crippen LogP contribution >= 0.6 is 0 Å². The average molecular weight is 273 g/mol. The van der Waals surface area contributed by atoms with Gasteiger partial charge in [0, 0.05) is 25.6 Å². The Labute approximate surface area is 122 Å². The Morgan fingerprint density at radius 2 is 2.05 bits per heavy atom. The first-order chi connectivity index (χ1) is 9.51. The summed E-state index contributed by atoms with van der Waals surface area (Å²) >= 11 is 0. The summed E-state index contributed by atoms with van der Waals surface area (Å²) in [4.78, 5) is 4.30. The number of aryl methyl sites for hydroxylation is 1. The lowest BCUT2D eigenvalue weighted by molar-refractivity contribution is 0.508. The van der Waals surface area contributed by atoms with Gasteiger partial charge in [0.1, 0.15) is 0 Å². The van der Waals surface area contributed by atoms with E-state index in [1.165, 1.54) is 24.0 Å². The van der Waals surface area contributed by atoms with Crippen molar-refractivity contribution >= 4 is 5.96 Å². The van der Waals surface area contributed by atoms with Crippen molar-refractivity contribution in [3.05, 3.63) is 35.4 Å². The van der Waals surface area contributed by atoms with Crippen molar-refractivity contribution in [2.24, 2.45) is 10.9 Å². The quantitative estimate of drug-likeness (QED) is 0.639. The molecule has 0 atom stereocenters. The van der Waals surface area contributed by atoms with E-state index in [-0.39, 0.29) is 5.41 Å². The zero-order valence-corrected chi connectivity index (χ0v) is 13.2. The van der Waals surface area contributed by atoms with E-state index in [4.69, 9.17) is 0 Å². The fourth-order valence-corrected chi connectivity index (χ4v) is 2.26. The molecule has 0 spiro atoms. The third-order valence-corrected chi connectivity index (χ3v) is 3.98. The Kier molecular flexibility index (Phi) is 4.69. The number of benzene rings is 1. The monoisotopic (exact) mass is 273 g/mol. The number of hydrogen-bond acceptors (Lipinski definition) is 1. The Balaban J connectivity index is 1.89. The Morgan fingerprint density at radius 3 is 2.65 bits per heavy atom. The van der Waals surface area contributed by atoms with Gasteiger partial charge in [-0.1, -0.05) is 43.7 Å². The highest BCUT2D eigenvalue weighted by atomic mass is 15.2. The molecule has 1 aliphatic rings. The van der Waals surface area contributed by atoms with Crippen LogP contribution in [0.15, 0.2) is 29.3 Å². The van der Waals surface area contributed by atoms with Gasteiger partial charge in [-0.05, 0) is 31.2 Å². The summed E-state index contributed by atoms with van der Waals surface area (Å²) in [6, 6.07) is 8.74. The molecule has 1 fully saturated rings. The standard InChI is InChI=1S/C17H27N3/c1-13-6-5-7-15(10-13)17(2,3)12-20-16(18-4)19-11-14-8-9-14/h5-7,10,14H,8-9,11-12H2,1-4H3,(H2,18,19,20). The van der Waals surface area contributed by atoms with Crippen molar-refractivity contribution in [3.63, 3.8) is 0 Å². The number of nitrogens with zero attached hydrogens (tertiary/aromatic N) is 1. The molecule has 0 bridgehead atoms. The normalized spacial score (nSPS) is 16.1. The summed E-state index contributed by atoms with van der Waals surface area (Å²) in [5.74, 6) is 1.77. The van der Waals surface area contributed by atoms with Gasteiger partial charge in [0.05, 0.1) is 0 Å². The van der Waals surface area contributed by atoms with Crippen molar-refractivity contribution < 1.29 is 0 Å². The molecule has 0 amide bonds. The fourth-order valence-electron chi connectivity index (χ4n) is 2.26. The van der Waals surface area contributed by atoms with Gasteiger partial charge in [-0.25, -0.2) is 0 Å². The van der Waals surface area contributed by atoms with Gasteiger partial charge in [0.25, 0.3) is 0 Å². The summed E-state index contributed by atoms with van der Waals surface area (Å²) in [7, 11) is 1.84. The maximum Gasteiger partial charge on any atom is 0.191 e. The van der Waals surface area contributed by atoms with Gasteiger partial charge < -0.3 is 10.6 Å². The van der Waals surface area contributed by atoms with Gasteiger partial charge in [0.15, 0.2) is 5.96 Å². The molecule has 1 aromatic rings. The maximum atomic E-state index is 4.30. The number of hydrogen-bond donors (Lipinski definition) is 2. The predicted octanol–water partition coefficient (Wildman–Crippen LogP) is 2.85. The largest absolute Gasteiger partial charge is 0.356 e. The van der Waals surface area contributed by atoms with Crippen molar-refractivity contribution in [1.82, 2.24) is 10.6 Å². The van der Waals surface area contributed by atoms with Gasteiger partial charge in [0.2, 0.25) is 0 Å². The summed E-state index contributed by atoms with van der Waals surface area (Å²) in [6.07, 6.45) is 2.72. The van der Waals surface area contributed by atoms with Crippen LogP contribution in [0.4, 0.5) is 0 Å². The van der Waals surface area contributed by atoms with E-state index in [1.54, 1.807) is 0 Å². The first kappa shape index (κ1) is 14.9. The molecule has 2 rings (SSSR count). The van der Waals surface area contributed by atoms with E-state index >= 15 is 0 Å². The molecular weight excluding hydrogens is 246 g/mol. The van der Waals surface area contributed by atoms with E-state index in [1.807, 2.05) is 7.05 Å². The molecule has 0 saturated heterocycles. The Hall–Kier alpha value is -1.51. The highest BCUT2D eigenvalue weighted by Gasteiger charge is 2.23. The minimum Gasteiger partial charge on any atom is -0.356 e. The van der Waals surface area contributed by atoms with E-state index in [0.717, 1.165) is 25.0 Å². The van der Waals surface area contributed by atoms with E-state index in [0.29, 0.717) is 0 Å². The zero-order valence-electron chi connectivity index (χ0n) is 13.2. The first-order valence-corrected chi connectivity index (χ1v) is 7.53. The molecule has 0 aromatic heterocycles. The summed E-state index contributed by atoms with van der Waals surface area (Å²) in [6.45, 7) is 8.60. The molecule has 0 unspecified atom stereocenters. The van der Waals surface area contributed by atoms with Crippen LogP contribution in [0.2, 0.25) is 0 Å². The third-order valence-electron chi connectivity index (χ3n) is 3.98. The molecule has 1 aromatic carbocycles. The van der Waals surface area contributed by atoms with Crippen molar-refractivity contribution in [2.75, 3.05) is 20.1 Å². The Morgan fingerprint density at radius 1 is 1.30 bits per heavy atom. The highest BCUT2D eigenvalue weighted by molar-refractivity contribution is 5.79. The van der Waals surface area contributed by atoms with Crippen LogP contribution in [0.1, 0.15) is 37.8 Å². The molecule has 1 saturated carbocycles. The lowest BCUT2D eigenvalue weighted by Crippen LogP contribution is -2.44. The molecule has 0 aliphatic heterocycles. The molecule has 1 aliphatic carbocycles. The van der Waals surface area contributed by atoms with Crippen molar-refractivity contribution in [2.45, 2.75) is 39.0 Å². The summed E-state index contributed by atoms with van der Waals surface area (Å²) in [5.41, 5.74) is 2.76. The molecular formula is C17H27N3. The van der Waals surface area contributed by atoms with Crippen LogP contribution in [0.3, 0.4) is 0 Å². The van der Waals surface area contributed by atoms with E-state index < -0.39 is 0 Å². The van der Waals surface area contributed by atoms with Crippen molar-refractivity contribution in [3.8, 4) is 0 Å². The smallest absolute Gasteiger partial charge is 0.191 e. The van der Waals surface area contributed by atoms with Gasteiger partial charge >= 0.3 is 0 Å². The first-order valence-electron chi connectivity index (χ1n) is 7.53. The third kappa shape index (κ3) is 4.26. The minimum absolute atomic E-state index is 0.0865. The number of nitrogens with one attached hydrogen (secondary N) is 2. The number of rotatable bonds is 5. The zero-order chi connectivity index (χ0) is 14.6. The highest BCUT2D eigenvalue weighted by Crippen LogP contribution is 2.27. The van der Waals surface area contributed by atoms with E-state index in [9.17, 15) is 0 Å². The second-order valence-corrected chi connectivity index (χ2v) is 6.50. The summed E-state index contributed by atoms with van der Waals surface area (Å²) < 4.78 is 0. The Bertz CT molecular complexity index is 473. The van der Waals surface area contributed by atoms with Crippen LogP contribution in [-0.2, 0) is 5.41 Å². The van der Waals surface area contributed by atoms with Gasteiger partial charge in [-0.2, -0.15) is 0 Å². The fraction of sp³-hybridized carbons (Fsp3) is 0.588. The lowest BCUT2D eigenvalue weighted by atomic mass is 9.84. The lowest BCUT2D eigenvalue weighted by Gasteiger charge is -2.27. The SMILES string of the molecule is CN=C(NCC1CC1)NCC(C)(C)c1cccc(C)c1. The van der Waals surface area contributed by atoms with Gasteiger partial charge in [-0.15, -0.1) is 0 Å². The van der Waals surface area contributed by atoms with Crippen LogP contribution in [-0.4, -0.2) is 26.1 Å². The van der Waals surface area contributed by atoms with Crippen LogP contribution < -0.4 is 10.6 Å². The van der Waals surface area contributed by atoms with Crippen LogP contribution in [0, 0.1) is 12.8 Å². The molecule has 20 heavy (non-hydrogen) atoms. The molecule has 2 N–H and O–H groups in total. The van der Waals surface area contributed by atoms with Crippen LogP contribution in [0.25, 0.3) is 0 Å². The average Bonchev–Trinajstić information content (AvgIpc) is 3.23. The molecule has 0 radical (unpaired) electrons. The second kappa shape index (κ2) is 6.29. The van der Waals surface area contributed by atoms with Gasteiger partial charge in [-0.3, -0.25) is 4.99 Å². The van der Waals surface area contributed by atoms with E-state index in [2.05, 4.69) is 60.7 Å². The predicted molar refractivity (Wildman–Crippen MR) is 86.3 cm³/mol. The molecule has 110 valence electrons. The molecule has 0 heterocycles. The minimum atomic E-state index is 0.0865.